The summed E-state index contributed by atoms with van der Waals surface area (Å²) in [5.74, 6) is 1.27. The molecule has 0 saturated carbocycles. The molecule has 1 N–H and O–H groups in total. The normalized spacial score (nSPS) is 14.6. The Kier molecular flexibility index (Phi) is 7.21. The number of furan rings is 1. The molecule has 2 aromatic heterocycles. The van der Waals surface area contributed by atoms with E-state index in [4.69, 9.17) is 13.9 Å². The molecule has 0 aliphatic carbocycles. The van der Waals surface area contributed by atoms with Crippen LogP contribution in [0.3, 0.4) is 0 Å². The van der Waals surface area contributed by atoms with Gasteiger partial charge in [0.25, 0.3) is 0 Å². The van der Waals surface area contributed by atoms with Gasteiger partial charge in [0.1, 0.15) is 11.5 Å². The van der Waals surface area contributed by atoms with E-state index in [2.05, 4.69) is 20.5 Å². The molecular weight excluding hydrogens is 422 g/mol. The van der Waals surface area contributed by atoms with E-state index in [9.17, 15) is 4.79 Å². The monoisotopic (exact) mass is 451 g/mol. The average Bonchev–Trinajstić information content (AvgIpc) is 3.40. The third-order valence-corrected chi connectivity index (χ3v) is 5.48. The van der Waals surface area contributed by atoms with Gasteiger partial charge in [-0.05, 0) is 55.8 Å². The molecule has 9 nitrogen and oxygen atoms in total. The maximum atomic E-state index is 12.4. The van der Waals surface area contributed by atoms with Crippen molar-refractivity contribution < 1.29 is 18.7 Å². The number of amides is 1. The van der Waals surface area contributed by atoms with Crippen LogP contribution >= 0.6 is 0 Å². The summed E-state index contributed by atoms with van der Waals surface area (Å²) in [7, 11) is 1.67. The minimum absolute atomic E-state index is 0.200. The van der Waals surface area contributed by atoms with E-state index < -0.39 is 5.91 Å². The van der Waals surface area contributed by atoms with Crippen LogP contribution in [0, 0.1) is 13.8 Å². The number of carbonyl (C=O) groups is 1. The van der Waals surface area contributed by atoms with E-state index in [0.29, 0.717) is 12.3 Å². The van der Waals surface area contributed by atoms with Crippen molar-refractivity contribution in [2.75, 3.05) is 33.4 Å². The van der Waals surface area contributed by atoms with E-state index >= 15 is 0 Å². The van der Waals surface area contributed by atoms with Gasteiger partial charge in [-0.15, -0.1) is 0 Å². The Bertz CT molecular complexity index is 1130. The van der Waals surface area contributed by atoms with Crippen LogP contribution in [0.15, 0.2) is 45.9 Å². The second kappa shape index (κ2) is 10.5. The Hall–Kier alpha value is -3.43. The van der Waals surface area contributed by atoms with E-state index in [1.807, 2.05) is 42.8 Å². The summed E-state index contributed by atoms with van der Waals surface area (Å²) in [4.78, 5) is 14.7. The van der Waals surface area contributed by atoms with Crippen LogP contribution in [0.5, 0.6) is 5.75 Å². The van der Waals surface area contributed by atoms with Gasteiger partial charge >= 0.3 is 5.91 Å². The van der Waals surface area contributed by atoms with Crippen LogP contribution in [0.2, 0.25) is 0 Å². The zero-order chi connectivity index (χ0) is 23.2. The molecule has 1 aromatic carbocycles. The van der Waals surface area contributed by atoms with Crippen molar-refractivity contribution in [2.24, 2.45) is 5.10 Å². The van der Waals surface area contributed by atoms with Crippen LogP contribution in [-0.2, 0) is 17.8 Å². The third kappa shape index (κ3) is 5.88. The third-order valence-electron chi connectivity index (χ3n) is 5.48. The predicted octanol–water partition coefficient (Wildman–Crippen LogP) is 2.75. The fraction of sp³-hybridized carbons (Fsp3) is 0.375. The number of methoxy groups -OCH3 is 1. The van der Waals surface area contributed by atoms with Crippen molar-refractivity contribution >= 4 is 12.1 Å². The Morgan fingerprint density at radius 3 is 2.73 bits per heavy atom. The smallest absolute Gasteiger partial charge is 0.307 e. The maximum Gasteiger partial charge on any atom is 0.307 e. The topological polar surface area (TPSA) is 94.1 Å². The second-order valence-corrected chi connectivity index (χ2v) is 8.01. The lowest BCUT2D eigenvalue weighted by atomic mass is 10.1. The summed E-state index contributed by atoms with van der Waals surface area (Å²) in [5.41, 5.74) is 6.43. The average molecular weight is 452 g/mol. The lowest BCUT2D eigenvalue weighted by Gasteiger charge is -2.27. The highest BCUT2D eigenvalue weighted by Gasteiger charge is 2.14. The van der Waals surface area contributed by atoms with Gasteiger partial charge in [0.15, 0.2) is 5.76 Å². The molecule has 9 heteroatoms. The number of aromatic nitrogens is 2. The first kappa shape index (κ1) is 22.8. The van der Waals surface area contributed by atoms with Crippen molar-refractivity contribution in [1.29, 1.82) is 0 Å². The maximum absolute atomic E-state index is 12.4. The molecule has 3 aromatic rings. The fourth-order valence-electron chi connectivity index (χ4n) is 3.79. The highest BCUT2D eigenvalue weighted by molar-refractivity contribution is 5.92. The second-order valence-electron chi connectivity index (χ2n) is 8.01. The Labute approximate surface area is 193 Å². The molecule has 33 heavy (non-hydrogen) atoms. The van der Waals surface area contributed by atoms with Crippen LogP contribution < -0.4 is 10.2 Å². The van der Waals surface area contributed by atoms with Crippen LogP contribution in [-0.4, -0.2) is 60.2 Å². The first-order valence-electron chi connectivity index (χ1n) is 10.9. The summed E-state index contributed by atoms with van der Waals surface area (Å²) >= 11 is 0. The summed E-state index contributed by atoms with van der Waals surface area (Å²) in [6, 6.07) is 11.2. The summed E-state index contributed by atoms with van der Waals surface area (Å²) in [5, 5.41) is 8.51. The van der Waals surface area contributed by atoms with Crippen LogP contribution in [0.1, 0.15) is 38.8 Å². The molecule has 0 unspecified atom stereocenters. The molecule has 0 atom stereocenters. The lowest BCUT2D eigenvalue weighted by Crippen LogP contribution is -2.35. The largest absolute Gasteiger partial charge is 0.496 e. The number of nitrogens with zero attached hydrogens (tertiary/aromatic N) is 4. The van der Waals surface area contributed by atoms with E-state index in [0.717, 1.165) is 61.1 Å². The summed E-state index contributed by atoms with van der Waals surface area (Å²) in [6.07, 6.45) is 1.61. The molecule has 1 amide bonds. The van der Waals surface area contributed by atoms with Gasteiger partial charge in [-0.1, -0.05) is 0 Å². The van der Waals surface area contributed by atoms with Crippen LogP contribution in [0.25, 0.3) is 0 Å². The number of nitrogens with one attached hydrogen (secondary N) is 1. The van der Waals surface area contributed by atoms with Crippen molar-refractivity contribution in [3.63, 3.8) is 0 Å². The molecule has 3 heterocycles. The zero-order valence-corrected chi connectivity index (χ0v) is 19.2. The molecule has 4 rings (SSSR count). The Morgan fingerprint density at radius 2 is 2.00 bits per heavy atom. The van der Waals surface area contributed by atoms with E-state index in [1.54, 1.807) is 25.5 Å². The standard InChI is InChI=1S/C24H29N5O4/c1-17-12-18(2)29(27-17)16-21-5-7-23(33-21)24(30)26-25-14-19-4-6-22(31-3)20(13-19)15-28-8-10-32-11-9-28/h4-7,12-14H,8-11,15-16H2,1-3H3,(H,26,30)/b25-14-. The SMILES string of the molecule is COc1ccc(/C=N\NC(=O)c2ccc(Cn3nc(C)cc3C)o2)cc1CN1CCOCC1. The quantitative estimate of drug-likeness (QED) is 0.418. The number of rotatable bonds is 8. The number of hydrazone groups is 1. The summed E-state index contributed by atoms with van der Waals surface area (Å²) in [6.45, 7) is 8.42. The van der Waals surface area contributed by atoms with Gasteiger partial charge in [-0.25, -0.2) is 5.43 Å². The van der Waals surface area contributed by atoms with Gasteiger partial charge in [-0.3, -0.25) is 14.4 Å². The number of aryl methyl sites for hydroxylation is 2. The first-order chi connectivity index (χ1) is 16.0. The van der Waals surface area contributed by atoms with Crippen molar-refractivity contribution in [2.45, 2.75) is 26.9 Å². The number of carbonyl (C=O) groups excluding carboxylic acids is 1. The molecule has 1 aliphatic rings. The number of ether oxygens (including phenoxy) is 2. The number of hydrogen-bond donors (Lipinski definition) is 1. The Balaban J connectivity index is 1.36. The molecule has 0 radical (unpaired) electrons. The van der Waals surface area contributed by atoms with Gasteiger partial charge in [0.05, 0.1) is 38.8 Å². The zero-order valence-electron chi connectivity index (χ0n) is 19.2. The number of morpholine rings is 1. The Morgan fingerprint density at radius 1 is 1.18 bits per heavy atom. The summed E-state index contributed by atoms with van der Waals surface area (Å²) < 4.78 is 18.4. The molecule has 0 spiro atoms. The molecule has 1 aliphatic heterocycles. The molecule has 0 bridgehead atoms. The van der Waals surface area contributed by atoms with Crippen molar-refractivity contribution in [1.82, 2.24) is 20.1 Å². The highest BCUT2D eigenvalue weighted by Crippen LogP contribution is 2.21. The minimum Gasteiger partial charge on any atom is -0.496 e. The number of benzene rings is 1. The number of hydrogen-bond acceptors (Lipinski definition) is 7. The van der Waals surface area contributed by atoms with E-state index in [1.165, 1.54) is 0 Å². The molecular formula is C24H29N5O4. The lowest BCUT2D eigenvalue weighted by molar-refractivity contribution is 0.0339. The highest BCUT2D eigenvalue weighted by atomic mass is 16.5. The van der Waals surface area contributed by atoms with Gasteiger partial charge in [-0.2, -0.15) is 10.2 Å². The van der Waals surface area contributed by atoms with Gasteiger partial charge < -0.3 is 13.9 Å². The fourth-order valence-corrected chi connectivity index (χ4v) is 3.79. The molecule has 1 fully saturated rings. The van der Waals surface area contributed by atoms with Crippen molar-refractivity contribution in [3.05, 3.63) is 70.4 Å². The first-order valence-corrected chi connectivity index (χ1v) is 10.9. The van der Waals surface area contributed by atoms with E-state index in [-0.39, 0.29) is 5.76 Å². The van der Waals surface area contributed by atoms with Crippen molar-refractivity contribution in [3.8, 4) is 5.75 Å². The molecule has 174 valence electrons. The van der Waals surface area contributed by atoms with Crippen LogP contribution in [0.4, 0.5) is 0 Å². The van der Waals surface area contributed by atoms with Gasteiger partial charge in [0.2, 0.25) is 0 Å². The predicted molar refractivity (Wildman–Crippen MR) is 124 cm³/mol. The minimum atomic E-state index is -0.409. The van der Waals surface area contributed by atoms with Gasteiger partial charge in [0, 0.05) is 30.9 Å². The molecule has 1 saturated heterocycles.